The van der Waals surface area contributed by atoms with Gasteiger partial charge in [0.2, 0.25) is 0 Å². The molecule has 0 aliphatic carbocycles. The number of nitrogens with zero attached hydrogens (tertiary/aromatic N) is 1. The number of aliphatic carboxylic acids is 1. The number of carboxylic acids is 1. The molecule has 86 valence electrons. The molecular weight excluding hydrogens is 198 g/mol. The van der Waals surface area contributed by atoms with E-state index in [4.69, 9.17) is 9.84 Å². The van der Waals surface area contributed by atoms with E-state index < -0.39 is 12.1 Å². The average Bonchev–Trinajstić information content (AvgIpc) is 2.15. The number of carboxylic acid groups (broad SMARTS) is 1. The molecule has 1 unspecified atom stereocenters. The van der Waals surface area contributed by atoms with Gasteiger partial charge in [-0.2, -0.15) is 0 Å². The number of rotatable bonds is 4. The van der Waals surface area contributed by atoms with E-state index in [1.54, 1.807) is 4.90 Å². The van der Waals surface area contributed by atoms with Gasteiger partial charge in [-0.3, -0.25) is 9.59 Å². The Morgan fingerprint density at radius 1 is 1.67 bits per heavy atom. The van der Waals surface area contributed by atoms with Crippen LogP contribution >= 0.6 is 0 Å². The summed E-state index contributed by atoms with van der Waals surface area (Å²) in [5.74, 6) is -0.981. The smallest absolute Gasteiger partial charge is 0.303 e. The van der Waals surface area contributed by atoms with Gasteiger partial charge >= 0.3 is 5.97 Å². The average molecular weight is 215 g/mol. The van der Waals surface area contributed by atoms with E-state index in [2.05, 4.69) is 0 Å². The van der Waals surface area contributed by atoms with Gasteiger partial charge in [0, 0.05) is 19.0 Å². The minimum absolute atomic E-state index is 0.0255. The summed E-state index contributed by atoms with van der Waals surface area (Å²) in [5, 5.41) is 8.53. The lowest BCUT2D eigenvalue weighted by molar-refractivity contribution is -0.156. The van der Waals surface area contributed by atoms with Gasteiger partial charge in [0.05, 0.1) is 6.61 Å². The van der Waals surface area contributed by atoms with Gasteiger partial charge in [0.1, 0.15) is 6.10 Å². The van der Waals surface area contributed by atoms with Crippen molar-refractivity contribution in [1.82, 2.24) is 4.90 Å². The molecule has 0 aromatic heterocycles. The number of ether oxygens (including phenoxy) is 1. The Labute approximate surface area is 89.0 Å². The van der Waals surface area contributed by atoms with Crippen LogP contribution in [0.25, 0.3) is 0 Å². The molecule has 1 heterocycles. The molecule has 1 atom stereocenters. The Bertz CT molecular complexity index is 252. The van der Waals surface area contributed by atoms with Gasteiger partial charge in [0.25, 0.3) is 5.91 Å². The Morgan fingerprint density at radius 2 is 2.33 bits per heavy atom. The monoisotopic (exact) mass is 215 g/mol. The van der Waals surface area contributed by atoms with Crippen LogP contribution in [-0.2, 0) is 14.3 Å². The maximum absolute atomic E-state index is 11.8. The number of hydrogen-bond acceptors (Lipinski definition) is 3. The molecule has 0 spiro atoms. The highest BCUT2D eigenvalue weighted by molar-refractivity contribution is 5.82. The topological polar surface area (TPSA) is 66.8 Å². The van der Waals surface area contributed by atoms with E-state index in [-0.39, 0.29) is 24.8 Å². The van der Waals surface area contributed by atoms with Gasteiger partial charge < -0.3 is 14.7 Å². The summed E-state index contributed by atoms with van der Waals surface area (Å²) in [4.78, 5) is 23.9. The van der Waals surface area contributed by atoms with E-state index in [0.29, 0.717) is 13.2 Å². The second-order valence-corrected chi connectivity index (χ2v) is 3.92. The van der Waals surface area contributed by atoms with Crippen molar-refractivity contribution in [1.29, 1.82) is 0 Å². The summed E-state index contributed by atoms with van der Waals surface area (Å²) >= 11 is 0. The van der Waals surface area contributed by atoms with Gasteiger partial charge in [-0.15, -0.1) is 0 Å². The summed E-state index contributed by atoms with van der Waals surface area (Å²) < 4.78 is 5.27. The molecule has 1 fully saturated rings. The van der Waals surface area contributed by atoms with Crippen LogP contribution in [0.15, 0.2) is 0 Å². The molecule has 1 aliphatic heterocycles. The van der Waals surface area contributed by atoms with Crippen molar-refractivity contribution in [2.45, 2.75) is 38.8 Å². The lowest BCUT2D eigenvalue weighted by atomic mass is 10.1. The molecule has 1 amide bonds. The predicted octanol–water partition coefficient (Wildman–Crippen LogP) is 0.487. The van der Waals surface area contributed by atoms with Crippen LogP contribution in [0.3, 0.4) is 0 Å². The Kier molecular flexibility index (Phi) is 4.08. The Hall–Kier alpha value is -1.10. The van der Waals surface area contributed by atoms with Crippen LogP contribution in [0.4, 0.5) is 0 Å². The van der Waals surface area contributed by atoms with Crippen molar-refractivity contribution in [2.24, 2.45) is 0 Å². The van der Waals surface area contributed by atoms with E-state index in [0.717, 1.165) is 0 Å². The second-order valence-electron chi connectivity index (χ2n) is 3.92. The Balaban J connectivity index is 2.51. The largest absolute Gasteiger partial charge is 0.481 e. The molecule has 5 nitrogen and oxygen atoms in total. The van der Waals surface area contributed by atoms with Crippen molar-refractivity contribution in [3.05, 3.63) is 0 Å². The first-order valence-electron chi connectivity index (χ1n) is 5.16. The van der Waals surface area contributed by atoms with Crippen molar-refractivity contribution in [3.8, 4) is 0 Å². The van der Waals surface area contributed by atoms with Crippen molar-refractivity contribution < 1.29 is 19.4 Å². The van der Waals surface area contributed by atoms with E-state index in [1.807, 2.05) is 13.8 Å². The summed E-state index contributed by atoms with van der Waals surface area (Å²) in [7, 11) is 0. The molecule has 0 aromatic carbocycles. The molecule has 0 saturated carbocycles. The Morgan fingerprint density at radius 3 is 2.87 bits per heavy atom. The number of hydrogen-bond donors (Lipinski definition) is 1. The third kappa shape index (κ3) is 3.20. The fourth-order valence-electron chi connectivity index (χ4n) is 1.63. The zero-order valence-corrected chi connectivity index (χ0v) is 9.10. The van der Waals surface area contributed by atoms with Crippen LogP contribution in [0.2, 0.25) is 0 Å². The van der Waals surface area contributed by atoms with Gasteiger partial charge in [-0.25, -0.2) is 0 Å². The lowest BCUT2D eigenvalue weighted by Gasteiger charge is -2.35. The summed E-state index contributed by atoms with van der Waals surface area (Å²) in [5.41, 5.74) is 0. The molecule has 0 aromatic rings. The van der Waals surface area contributed by atoms with Gasteiger partial charge in [-0.05, 0) is 20.3 Å². The van der Waals surface area contributed by atoms with E-state index >= 15 is 0 Å². The van der Waals surface area contributed by atoms with Crippen molar-refractivity contribution in [2.75, 3.05) is 13.2 Å². The summed E-state index contributed by atoms with van der Waals surface area (Å²) in [6.45, 7) is 4.98. The predicted molar refractivity (Wildman–Crippen MR) is 53.5 cm³/mol. The molecule has 5 heteroatoms. The van der Waals surface area contributed by atoms with Crippen molar-refractivity contribution >= 4 is 11.9 Å². The number of morpholine rings is 1. The van der Waals surface area contributed by atoms with Gasteiger partial charge in [-0.1, -0.05) is 0 Å². The van der Waals surface area contributed by atoms with Crippen molar-refractivity contribution in [3.63, 3.8) is 0 Å². The molecule has 0 radical (unpaired) electrons. The van der Waals surface area contributed by atoms with Crippen LogP contribution in [-0.4, -0.2) is 47.2 Å². The van der Waals surface area contributed by atoms with Gasteiger partial charge in [0.15, 0.2) is 0 Å². The first-order chi connectivity index (χ1) is 7.02. The van der Waals surface area contributed by atoms with E-state index in [9.17, 15) is 9.59 Å². The maximum Gasteiger partial charge on any atom is 0.303 e. The highest BCUT2D eigenvalue weighted by atomic mass is 16.5. The van der Waals surface area contributed by atoms with Crippen LogP contribution in [0.1, 0.15) is 26.7 Å². The van der Waals surface area contributed by atoms with Crippen LogP contribution < -0.4 is 0 Å². The normalized spacial score (nSPS) is 22.2. The fraction of sp³-hybridized carbons (Fsp3) is 0.800. The molecule has 15 heavy (non-hydrogen) atoms. The molecule has 1 saturated heterocycles. The standard InChI is InChI=1S/C10H17NO4/c1-7(2)11-5-6-15-8(10(11)14)3-4-9(12)13/h7-8H,3-6H2,1-2H3,(H,12,13). The highest BCUT2D eigenvalue weighted by Crippen LogP contribution is 2.14. The number of amides is 1. The minimum Gasteiger partial charge on any atom is -0.481 e. The highest BCUT2D eigenvalue weighted by Gasteiger charge is 2.30. The number of carbonyl (C=O) groups excluding carboxylic acids is 1. The summed E-state index contributed by atoms with van der Waals surface area (Å²) in [6, 6.07) is 0.147. The lowest BCUT2D eigenvalue weighted by Crippen LogP contribution is -2.50. The first-order valence-corrected chi connectivity index (χ1v) is 5.16. The molecule has 1 N–H and O–H groups in total. The van der Waals surface area contributed by atoms with E-state index in [1.165, 1.54) is 0 Å². The SMILES string of the molecule is CC(C)N1CCOC(CCC(=O)O)C1=O. The maximum atomic E-state index is 11.8. The van der Waals surface area contributed by atoms with Crippen LogP contribution in [0, 0.1) is 0 Å². The molecule has 1 aliphatic rings. The second kappa shape index (κ2) is 5.11. The molecule has 0 bridgehead atoms. The third-order valence-electron chi connectivity index (χ3n) is 2.45. The zero-order chi connectivity index (χ0) is 11.4. The zero-order valence-electron chi connectivity index (χ0n) is 9.10. The van der Waals surface area contributed by atoms with Crippen LogP contribution in [0.5, 0.6) is 0 Å². The molecular formula is C10H17NO4. The molecule has 1 rings (SSSR count). The summed E-state index contributed by atoms with van der Waals surface area (Å²) in [6.07, 6.45) is -0.336. The number of carbonyl (C=O) groups is 2. The first kappa shape index (κ1) is 12.0. The quantitative estimate of drug-likeness (QED) is 0.741. The third-order valence-corrected chi connectivity index (χ3v) is 2.45. The minimum atomic E-state index is -0.895. The fourth-order valence-corrected chi connectivity index (χ4v) is 1.63.